The molecule has 1 aromatic rings. The van der Waals surface area contributed by atoms with Gasteiger partial charge in [-0.05, 0) is 58.7 Å². The molecule has 28 heavy (non-hydrogen) atoms. The summed E-state index contributed by atoms with van der Waals surface area (Å²) in [5.41, 5.74) is -0.117. The van der Waals surface area contributed by atoms with Crippen LogP contribution in [-0.4, -0.2) is 36.8 Å². The largest absolute Gasteiger partial charge is 0.490 e. The standard InChI is InChI=1S/C22H35NO5/c1-7-10-13-22(6,27-14-8-2)21(25)23-17-11-12-19(28-16(4)5)18(15-17)20(24)26-9-3/h11-12,15-16H,7-10,13-14H2,1-6H3,(H,23,25)/t22-/m0/s1. The Morgan fingerprint density at radius 2 is 1.86 bits per heavy atom. The van der Waals surface area contributed by atoms with Gasteiger partial charge < -0.3 is 19.5 Å². The lowest BCUT2D eigenvalue weighted by atomic mass is 9.97. The number of unbranched alkanes of at least 4 members (excludes halogenated alkanes) is 1. The molecule has 6 nitrogen and oxygen atoms in total. The van der Waals surface area contributed by atoms with Crippen molar-refractivity contribution in [1.82, 2.24) is 0 Å². The van der Waals surface area contributed by atoms with Crippen LogP contribution in [-0.2, 0) is 14.3 Å². The van der Waals surface area contributed by atoms with E-state index in [4.69, 9.17) is 14.2 Å². The number of anilines is 1. The highest BCUT2D eigenvalue weighted by atomic mass is 16.5. The van der Waals surface area contributed by atoms with Gasteiger partial charge in [-0.15, -0.1) is 0 Å². The van der Waals surface area contributed by atoms with Crippen LogP contribution in [0, 0.1) is 0 Å². The zero-order valence-corrected chi connectivity index (χ0v) is 18.1. The first-order valence-corrected chi connectivity index (χ1v) is 10.2. The molecule has 0 fully saturated rings. The predicted octanol–water partition coefficient (Wildman–Crippen LogP) is 4.96. The fourth-order valence-electron chi connectivity index (χ4n) is 2.69. The molecule has 0 aliphatic rings. The molecule has 0 unspecified atom stereocenters. The molecule has 0 bridgehead atoms. The molecule has 0 saturated heterocycles. The smallest absolute Gasteiger partial charge is 0.341 e. The van der Waals surface area contributed by atoms with E-state index in [0.717, 1.165) is 19.3 Å². The van der Waals surface area contributed by atoms with Crippen LogP contribution in [0.25, 0.3) is 0 Å². The van der Waals surface area contributed by atoms with E-state index < -0.39 is 11.6 Å². The highest BCUT2D eigenvalue weighted by Crippen LogP contribution is 2.27. The van der Waals surface area contributed by atoms with Crippen LogP contribution >= 0.6 is 0 Å². The third-order valence-electron chi connectivity index (χ3n) is 4.21. The van der Waals surface area contributed by atoms with Crippen LogP contribution in [0.3, 0.4) is 0 Å². The maximum absolute atomic E-state index is 12.9. The Bertz CT molecular complexity index is 634. The number of amides is 1. The number of carbonyl (C=O) groups excluding carboxylic acids is 2. The summed E-state index contributed by atoms with van der Waals surface area (Å²) in [6, 6.07) is 4.99. The monoisotopic (exact) mass is 393 g/mol. The molecule has 0 saturated carbocycles. The number of hydrogen-bond donors (Lipinski definition) is 1. The van der Waals surface area contributed by atoms with E-state index in [1.54, 1.807) is 25.1 Å². The highest BCUT2D eigenvalue weighted by Gasteiger charge is 2.33. The number of benzene rings is 1. The van der Waals surface area contributed by atoms with Crippen LogP contribution in [0.1, 0.15) is 77.6 Å². The van der Waals surface area contributed by atoms with Gasteiger partial charge in [0.05, 0.1) is 12.7 Å². The van der Waals surface area contributed by atoms with E-state index in [2.05, 4.69) is 12.2 Å². The molecule has 0 aliphatic heterocycles. The Morgan fingerprint density at radius 3 is 2.43 bits per heavy atom. The summed E-state index contributed by atoms with van der Waals surface area (Å²) >= 11 is 0. The Morgan fingerprint density at radius 1 is 1.14 bits per heavy atom. The summed E-state index contributed by atoms with van der Waals surface area (Å²) in [6.45, 7) is 12.2. The quantitative estimate of drug-likeness (QED) is 0.508. The first kappa shape index (κ1) is 24.0. The summed E-state index contributed by atoms with van der Waals surface area (Å²) in [5, 5.41) is 2.89. The van der Waals surface area contributed by atoms with E-state index in [1.165, 1.54) is 0 Å². The molecule has 1 N–H and O–H groups in total. The van der Waals surface area contributed by atoms with Gasteiger partial charge >= 0.3 is 5.97 Å². The van der Waals surface area contributed by atoms with E-state index in [-0.39, 0.29) is 24.2 Å². The summed E-state index contributed by atoms with van der Waals surface area (Å²) < 4.78 is 16.7. The second-order valence-electron chi connectivity index (χ2n) is 7.24. The first-order valence-electron chi connectivity index (χ1n) is 10.2. The molecule has 1 atom stereocenters. The minimum absolute atomic E-state index is 0.0894. The molecular weight excluding hydrogens is 358 g/mol. The molecule has 6 heteroatoms. The van der Waals surface area contributed by atoms with Crippen molar-refractivity contribution in [2.45, 2.75) is 78.9 Å². The molecule has 0 aliphatic carbocycles. The molecule has 1 amide bonds. The predicted molar refractivity (Wildman–Crippen MR) is 111 cm³/mol. The van der Waals surface area contributed by atoms with Crippen molar-refractivity contribution in [3.8, 4) is 5.75 Å². The van der Waals surface area contributed by atoms with Gasteiger partial charge in [0.2, 0.25) is 0 Å². The molecular formula is C22H35NO5. The van der Waals surface area contributed by atoms with Crippen molar-refractivity contribution in [3.05, 3.63) is 23.8 Å². The fraction of sp³-hybridized carbons (Fsp3) is 0.636. The van der Waals surface area contributed by atoms with Gasteiger partial charge in [0, 0.05) is 12.3 Å². The number of rotatable bonds is 12. The van der Waals surface area contributed by atoms with Crippen molar-refractivity contribution in [2.24, 2.45) is 0 Å². The average Bonchev–Trinajstić information content (AvgIpc) is 2.65. The van der Waals surface area contributed by atoms with Crippen molar-refractivity contribution >= 4 is 17.6 Å². The number of esters is 1. The zero-order chi connectivity index (χ0) is 21.2. The van der Waals surface area contributed by atoms with Crippen molar-refractivity contribution < 1.29 is 23.8 Å². The van der Waals surface area contributed by atoms with Gasteiger partial charge in [-0.25, -0.2) is 4.79 Å². The fourth-order valence-corrected chi connectivity index (χ4v) is 2.69. The van der Waals surface area contributed by atoms with E-state index in [1.807, 2.05) is 27.7 Å². The van der Waals surface area contributed by atoms with Crippen molar-refractivity contribution in [1.29, 1.82) is 0 Å². The number of ether oxygens (including phenoxy) is 3. The molecule has 0 spiro atoms. The molecule has 1 aromatic carbocycles. The molecule has 0 aromatic heterocycles. The molecule has 0 radical (unpaired) electrons. The van der Waals surface area contributed by atoms with E-state index >= 15 is 0 Å². The summed E-state index contributed by atoms with van der Waals surface area (Å²) in [4.78, 5) is 25.3. The maximum Gasteiger partial charge on any atom is 0.341 e. The lowest BCUT2D eigenvalue weighted by Gasteiger charge is -2.28. The first-order chi connectivity index (χ1) is 13.3. The van der Waals surface area contributed by atoms with Crippen LogP contribution in [0.4, 0.5) is 5.69 Å². The normalized spacial score (nSPS) is 13.1. The zero-order valence-electron chi connectivity index (χ0n) is 18.1. The summed E-state index contributed by atoms with van der Waals surface area (Å²) in [7, 11) is 0. The minimum atomic E-state index is -0.913. The summed E-state index contributed by atoms with van der Waals surface area (Å²) in [5.74, 6) is -0.269. The molecule has 158 valence electrons. The lowest BCUT2D eigenvalue weighted by Crippen LogP contribution is -2.43. The maximum atomic E-state index is 12.9. The van der Waals surface area contributed by atoms with Gasteiger partial charge in [0.15, 0.2) is 0 Å². The minimum Gasteiger partial charge on any atom is -0.490 e. The highest BCUT2D eigenvalue weighted by molar-refractivity contribution is 5.99. The Balaban J connectivity index is 3.09. The van der Waals surface area contributed by atoms with Gasteiger partial charge in [0.25, 0.3) is 5.91 Å². The number of carbonyl (C=O) groups is 2. The van der Waals surface area contributed by atoms with Gasteiger partial charge in [-0.2, -0.15) is 0 Å². The average molecular weight is 394 g/mol. The third-order valence-corrected chi connectivity index (χ3v) is 4.21. The van der Waals surface area contributed by atoms with E-state index in [0.29, 0.717) is 24.5 Å². The Kier molecular flexibility index (Phi) is 10.0. The molecule has 0 heterocycles. The van der Waals surface area contributed by atoms with E-state index in [9.17, 15) is 9.59 Å². The van der Waals surface area contributed by atoms with Crippen LogP contribution in [0.15, 0.2) is 18.2 Å². The van der Waals surface area contributed by atoms with Crippen LogP contribution < -0.4 is 10.1 Å². The summed E-state index contributed by atoms with van der Waals surface area (Å²) in [6.07, 6.45) is 3.25. The number of hydrogen-bond acceptors (Lipinski definition) is 5. The molecule has 1 rings (SSSR count). The topological polar surface area (TPSA) is 73.9 Å². The lowest BCUT2D eigenvalue weighted by molar-refractivity contribution is -0.140. The second-order valence-corrected chi connectivity index (χ2v) is 7.24. The Labute approximate surface area is 168 Å². The van der Waals surface area contributed by atoms with Crippen molar-refractivity contribution in [2.75, 3.05) is 18.5 Å². The van der Waals surface area contributed by atoms with Crippen LogP contribution in [0.2, 0.25) is 0 Å². The van der Waals surface area contributed by atoms with Crippen LogP contribution in [0.5, 0.6) is 5.75 Å². The Hall–Kier alpha value is -2.08. The second kappa shape index (κ2) is 11.7. The van der Waals surface area contributed by atoms with Gasteiger partial charge in [0.1, 0.15) is 16.9 Å². The van der Waals surface area contributed by atoms with Crippen molar-refractivity contribution in [3.63, 3.8) is 0 Å². The number of nitrogens with one attached hydrogen (secondary N) is 1. The third kappa shape index (κ3) is 7.15. The van der Waals surface area contributed by atoms with Gasteiger partial charge in [-0.1, -0.05) is 26.7 Å². The SMILES string of the molecule is CCCC[C@](C)(OCCC)C(=O)Nc1ccc(OC(C)C)c(C(=O)OCC)c1. The van der Waals surface area contributed by atoms with Gasteiger partial charge in [-0.3, -0.25) is 4.79 Å².